The van der Waals surface area contributed by atoms with Crippen LogP contribution in [-0.4, -0.2) is 70.9 Å². The van der Waals surface area contributed by atoms with E-state index in [0.29, 0.717) is 38.0 Å². The molecule has 1 aliphatic heterocycles. The van der Waals surface area contributed by atoms with Gasteiger partial charge >= 0.3 is 0 Å². The van der Waals surface area contributed by atoms with Crippen LogP contribution >= 0.6 is 11.3 Å². The number of thiophene rings is 1. The lowest BCUT2D eigenvalue weighted by Gasteiger charge is -2.34. The Labute approximate surface area is 188 Å². The Bertz CT molecular complexity index is 947. The second-order valence-electron chi connectivity index (χ2n) is 8.77. The number of fused-ring (bicyclic) bond motifs is 1. The van der Waals surface area contributed by atoms with Gasteiger partial charge in [0.05, 0.1) is 11.8 Å². The average Bonchev–Trinajstić information content (AvgIpc) is 3.54. The fourth-order valence-corrected chi connectivity index (χ4v) is 5.25. The van der Waals surface area contributed by atoms with Gasteiger partial charge in [-0.1, -0.05) is 19.8 Å². The molecular formula is C23H33N5O2S. The number of carbonyl (C=O) groups excluding carboxylic acids is 2. The van der Waals surface area contributed by atoms with Gasteiger partial charge in [-0.25, -0.2) is 9.97 Å². The molecule has 0 spiro atoms. The normalized spacial score (nSPS) is 16.7. The third-order valence-electron chi connectivity index (χ3n) is 6.40. The van der Waals surface area contributed by atoms with Crippen molar-refractivity contribution in [3.8, 4) is 0 Å². The van der Waals surface area contributed by atoms with Gasteiger partial charge < -0.3 is 14.7 Å². The van der Waals surface area contributed by atoms with Crippen LogP contribution < -0.4 is 4.90 Å². The van der Waals surface area contributed by atoms with Crippen LogP contribution in [-0.2, 0) is 22.4 Å². The summed E-state index contributed by atoms with van der Waals surface area (Å²) in [5, 5.41) is 3.41. The molecule has 0 unspecified atom stereocenters. The molecule has 7 nitrogen and oxygen atoms in total. The van der Waals surface area contributed by atoms with Gasteiger partial charge in [0, 0.05) is 46.2 Å². The fraction of sp³-hybridized carbons (Fsp3) is 0.652. The zero-order chi connectivity index (χ0) is 22.0. The number of aryl methyl sites for hydroxylation is 1. The highest BCUT2D eigenvalue weighted by Crippen LogP contribution is 2.37. The maximum atomic E-state index is 12.9. The molecule has 2 aromatic heterocycles. The number of hydrogen-bond acceptors (Lipinski definition) is 6. The maximum Gasteiger partial charge on any atom is 0.230 e. The lowest BCUT2D eigenvalue weighted by molar-refractivity contribution is -0.138. The van der Waals surface area contributed by atoms with Crippen molar-refractivity contribution in [2.75, 3.05) is 38.1 Å². The summed E-state index contributed by atoms with van der Waals surface area (Å²) in [7, 11) is 2.12. The standard InChI is InChI=1S/C23H33N5O2S/c1-4-5-6-7-17-15-31-23-21(17)22(26(3)18-8-9-18)24-19(25-23)14-20(30)28-12-10-27(11-13-28)16(2)29/h15,18H,4-14H2,1-3H3. The molecule has 4 rings (SSSR count). The predicted molar refractivity (Wildman–Crippen MR) is 125 cm³/mol. The topological polar surface area (TPSA) is 69.6 Å². The summed E-state index contributed by atoms with van der Waals surface area (Å²) < 4.78 is 0. The van der Waals surface area contributed by atoms with E-state index in [0.717, 1.165) is 17.1 Å². The lowest BCUT2D eigenvalue weighted by atomic mass is 10.1. The Morgan fingerprint density at radius 2 is 1.84 bits per heavy atom. The maximum absolute atomic E-state index is 12.9. The van der Waals surface area contributed by atoms with Crippen LogP contribution in [0.5, 0.6) is 0 Å². The first-order valence-electron chi connectivity index (χ1n) is 11.5. The van der Waals surface area contributed by atoms with Crippen LogP contribution in [0.25, 0.3) is 10.2 Å². The van der Waals surface area contributed by atoms with Crippen molar-refractivity contribution in [2.45, 2.75) is 64.8 Å². The van der Waals surface area contributed by atoms with E-state index in [1.165, 1.54) is 43.1 Å². The summed E-state index contributed by atoms with van der Waals surface area (Å²) in [4.78, 5) is 41.1. The van der Waals surface area contributed by atoms with Crippen molar-refractivity contribution in [1.82, 2.24) is 19.8 Å². The van der Waals surface area contributed by atoms with Crippen LogP contribution in [0, 0.1) is 0 Å². The lowest BCUT2D eigenvalue weighted by Crippen LogP contribution is -2.50. The smallest absolute Gasteiger partial charge is 0.230 e. The Morgan fingerprint density at radius 3 is 2.48 bits per heavy atom. The summed E-state index contributed by atoms with van der Waals surface area (Å²) >= 11 is 1.67. The van der Waals surface area contributed by atoms with Crippen molar-refractivity contribution in [3.05, 3.63) is 16.8 Å². The molecule has 8 heteroatoms. The molecule has 168 valence electrons. The summed E-state index contributed by atoms with van der Waals surface area (Å²) in [6.45, 7) is 6.16. The highest BCUT2D eigenvalue weighted by molar-refractivity contribution is 7.17. The SMILES string of the molecule is CCCCCc1csc2nc(CC(=O)N3CCN(C(C)=O)CC3)nc(N(C)C3CC3)c12. The van der Waals surface area contributed by atoms with Crippen LogP contribution in [0.2, 0.25) is 0 Å². The van der Waals surface area contributed by atoms with Crippen molar-refractivity contribution in [1.29, 1.82) is 0 Å². The number of unbranched alkanes of at least 4 members (excludes halogenated alkanes) is 2. The number of hydrogen-bond donors (Lipinski definition) is 0. The minimum atomic E-state index is 0.0438. The van der Waals surface area contributed by atoms with Crippen molar-refractivity contribution >= 4 is 39.2 Å². The minimum Gasteiger partial charge on any atom is -0.356 e. The molecule has 1 aliphatic carbocycles. The Morgan fingerprint density at radius 1 is 1.13 bits per heavy atom. The first-order valence-corrected chi connectivity index (χ1v) is 12.4. The molecular weight excluding hydrogens is 410 g/mol. The Hall–Kier alpha value is -2.22. The van der Waals surface area contributed by atoms with E-state index >= 15 is 0 Å². The number of piperazine rings is 1. The first-order chi connectivity index (χ1) is 15.0. The van der Waals surface area contributed by atoms with Crippen molar-refractivity contribution in [3.63, 3.8) is 0 Å². The molecule has 0 atom stereocenters. The molecule has 0 bridgehead atoms. The molecule has 1 saturated carbocycles. The van der Waals surface area contributed by atoms with Gasteiger partial charge in [0.1, 0.15) is 16.5 Å². The summed E-state index contributed by atoms with van der Waals surface area (Å²) in [6.07, 6.45) is 7.29. The number of amides is 2. The van der Waals surface area contributed by atoms with E-state index in [1.807, 2.05) is 4.90 Å². The van der Waals surface area contributed by atoms with Gasteiger partial charge in [0.2, 0.25) is 11.8 Å². The molecule has 2 aromatic rings. The van der Waals surface area contributed by atoms with Gasteiger partial charge in [0.25, 0.3) is 0 Å². The van der Waals surface area contributed by atoms with Crippen molar-refractivity contribution in [2.24, 2.45) is 0 Å². The molecule has 0 aromatic carbocycles. The average molecular weight is 444 g/mol. The third-order valence-corrected chi connectivity index (χ3v) is 7.32. The summed E-state index contributed by atoms with van der Waals surface area (Å²) in [6, 6.07) is 0.546. The Kier molecular flexibility index (Phi) is 6.74. The van der Waals surface area contributed by atoms with E-state index in [9.17, 15) is 9.59 Å². The fourth-order valence-electron chi connectivity index (χ4n) is 4.26. The molecule has 31 heavy (non-hydrogen) atoms. The van der Waals surface area contributed by atoms with Gasteiger partial charge in [-0.2, -0.15) is 0 Å². The van der Waals surface area contributed by atoms with Crippen LogP contribution in [0.1, 0.15) is 57.3 Å². The number of rotatable bonds is 8. The summed E-state index contributed by atoms with van der Waals surface area (Å²) in [5.74, 6) is 1.71. The van der Waals surface area contributed by atoms with Gasteiger partial charge in [0.15, 0.2) is 0 Å². The summed E-state index contributed by atoms with van der Waals surface area (Å²) in [5.41, 5.74) is 1.34. The van der Waals surface area contributed by atoms with Crippen LogP contribution in [0.4, 0.5) is 5.82 Å². The molecule has 2 fully saturated rings. The van der Waals surface area contributed by atoms with E-state index < -0.39 is 0 Å². The molecule has 2 amide bonds. The highest BCUT2D eigenvalue weighted by atomic mass is 32.1. The number of nitrogens with zero attached hydrogens (tertiary/aromatic N) is 5. The number of anilines is 1. The molecule has 1 saturated heterocycles. The predicted octanol–water partition coefficient (Wildman–Crippen LogP) is 3.26. The Balaban J connectivity index is 1.54. The van der Waals surface area contributed by atoms with Gasteiger partial charge in [-0.15, -0.1) is 11.3 Å². The molecule has 3 heterocycles. The molecule has 2 aliphatic rings. The zero-order valence-corrected chi connectivity index (χ0v) is 19.7. The zero-order valence-electron chi connectivity index (χ0n) is 18.9. The molecule has 0 radical (unpaired) electrons. The largest absolute Gasteiger partial charge is 0.356 e. The monoisotopic (exact) mass is 443 g/mol. The second kappa shape index (κ2) is 9.51. The van der Waals surface area contributed by atoms with Crippen LogP contribution in [0.3, 0.4) is 0 Å². The van der Waals surface area contributed by atoms with Gasteiger partial charge in [-0.3, -0.25) is 9.59 Å². The first kappa shape index (κ1) is 22.0. The molecule has 0 N–H and O–H groups in total. The van der Waals surface area contributed by atoms with E-state index in [4.69, 9.17) is 9.97 Å². The van der Waals surface area contributed by atoms with E-state index in [-0.39, 0.29) is 18.2 Å². The van der Waals surface area contributed by atoms with Crippen molar-refractivity contribution < 1.29 is 9.59 Å². The van der Waals surface area contributed by atoms with Crippen LogP contribution in [0.15, 0.2) is 5.38 Å². The number of carbonyl (C=O) groups is 2. The second-order valence-corrected chi connectivity index (χ2v) is 9.63. The quantitative estimate of drug-likeness (QED) is 0.586. The van der Waals surface area contributed by atoms with E-state index in [1.54, 1.807) is 23.2 Å². The number of aromatic nitrogens is 2. The minimum absolute atomic E-state index is 0.0438. The third kappa shape index (κ3) is 5.00. The van der Waals surface area contributed by atoms with Gasteiger partial charge in [-0.05, 0) is 36.6 Å². The van der Waals surface area contributed by atoms with E-state index in [2.05, 4.69) is 24.3 Å². The highest BCUT2D eigenvalue weighted by Gasteiger charge is 2.30.